The largest absolute Gasteiger partial charge is 0.494 e. The molecule has 28 heavy (non-hydrogen) atoms. The third-order valence-electron chi connectivity index (χ3n) is 4.02. The summed E-state index contributed by atoms with van der Waals surface area (Å²) in [5.74, 6) is 0.554. The SMILES string of the molecule is Cc1ccc(S(=O)(=O)NC(C)C)cc1C(=O)NCCCCOc1ccccc1. The molecule has 2 aromatic rings. The number of unbranched alkanes of at least 4 members (excludes halogenated alkanes) is 1. The Kier molecular flexibility index (Phi) is 8.02. The van der Waals surface area contributed by atoms with E-state index in [1.54, 1.807) is 26.8 Å². The molecule has 0 atom stereocenters. The number of hydrogen-bond donors (Lipinski definition) is 2. The highest BCUT2D eigenvalue weighted by molar-refractivity contribution is 7.89. The summed E-state index contributed by atoms with van der Waals surface area (Å²) in [5.41, 5.74) is 1.10. The topological polar surface area (TPSA) is 84.5 Å². The molecule has 6 nitrogen and oxygen atoms in total. The second kappa shape index (κ2) is 10.2. The average Bonchev–Trinajstić information content (AvgIpc) is 2.64. The molecule has 2 rings (SSSR count). The van der Waals surface area contributed by atoms with Crippen molar-refractivity contribution < 1.29 is 17.9 Å². The predicted octanol–water partition coefficient (Wildman–Crippen LogP) is 3.27. The lowest BCUT2D eigenvalue weighted by atomic mass is 10.1. The summed E-state index contributed by atoms with van der Waals surface area (Å²) in [5, 5.41) is 2.85. The van der Waals surface area contributed by atoms with Gasteiger partial charge in [0.05, 0.1) is 11.5 Å². The number of benzene rings is 2. The molecule has 0 saturated carbocycles. The number of amides is 1. The number of carbonyl (C=O) groups is 1. The molecule has 152 valence electrons. The van der Waals surface area contributed by atoms with Crippen LogP contribution < -0.4 is 14.8 Å². The Hall–Kier alpha value is -2.38. The number of rotatable bonds is 10. The van der Waals surface area contributed by atoms with Crippen molar-refractivity contribution in [1.29, 1.82) is 0 Å². The second-order valence-electron chi connectivity index (χ2n) is 6.88. The van der Waals surface area contributed by atoms with Crippen LogP contribution in [0, 0.1) is 6.92 Å². The van der Waals surface area contributed by atoms with Gasteiger partial charge in [-0.3, -0.25) is 4.79 Å². The highest BCUT2D eigenvalue weighted by atomic mass is 32.2. The monoisotopic (exact) mass is 404 g/mol. The zero-order chi connectivity index (χ0) is 20.6. The summed E-state index contributed by atoms with van der Waals surface area (Å²) in [6.45, 7) is 6.36. The second-order valence-corrected chi connectivity index (χ2v) is 8.59. The molecule has 0 heterocycles. The van der Waals surface area contributed by atoms with Crippen LogP contribution in [0.4, 0.5) is 0 Å². The van der Waals surface area contributed by atoms with Gasteiger partial charge in [-0.2, -0.15) is 0 Å². The van der Waals surface area contributed by atoms with Crippen molar-refractivity contribution in [1.82, 2.24) is 10.0 Å². The highest BCUT2D eigenvalue weighted by Gasteiger charge is 2.18. The fourth-order valence-electron chi connectivity index (χ4n) is 2.62. The predicted molar refractivity (Wildman–Crippen MR) is 110 cm³/mol. The minimum absolute atomic E-state index is 0.0909. The summed E-state index contributed by atoms with van der Waals surface area (Å²) in [4.78, 5) is 12.6. The van der Waals surface area contributed by atoms with Crippen LogP contribution in [0.1, 0.15) is 42.6 Å². The van der Waals surface area contributed by atoms with Crippen molar-refractivity contribution in [2.24, 2.45) is 0 Å². The van der Waals surface area contributed by atoms with Gasteiger partial charge in [-0.15, -0.1) is 0 Å². The standard InChI is InChI=1S/C21H28N2O4S/c1-16(2)23-28(25,26)19-12-11-17(3)20(15-19)21(24)22-13-7-8-14-27-18-9-5-4-6-10-18/h4-6,9-12,15-16,23H,7-8,13-14H2,1-3H3,(H,22,24). The van der Waals surface area contributed by atoms with Gasteiger partial charge < -0.3 is 10.1 Å². The Morgan fingerprint density at radius 3 is 2.46 bits per heavy atom. The summed E-state index contributed by atoms with van der Waals surface area (Å²) < 4.78 is 32.8. The van der Waals surface area contributed by atoms with E-state index in [9.17, 15) is 13.2 Å². The van der Waals surface area contributed by atoms with E-state index in [4.69, 9.17) is 4.74 Å². The first-order chi connectivity index (χ1) is 13.3. The Morgan fingerprint density at radius 2 is 1.79 bits per heavy atom. The molecule has 2 aromatic carbocycles. The van der Waals surface area contributed by atoms with E-state index in [1.807, 2.05) is 30.3 Å². The van der Waals surface area contributed by atoms with Gasteiger partial charge in [0.2, 0.25) is 10.0 Å². The van der Waals surface area contributed by atoms with Crippen LogP contribution in [0.5, 0.6) is 5.75 Å². The summed E-state index contributed by atoms with van der Waals surface area (Å²) in [7, 11) is -3.64. The molecule has 7 heteroatoms. The number of ether oxygens (including phenoxy) is 1. The lowest BCUT2D eigenvalue weighted by molar-refractivity contribution is 0.0951. The molecule has 2 N–H and O–H groups in total. The third kappa shape index (κ3) is 6.65. The van der Waals surface area contributed by atoms with Gasteiger partial charge in [0.15, 0.2) is 0 Å². The molecule has 0 fully saturated rings. The Morgan fingerprint density at radius 1 is 1.07 bits per heavy atom. The number of aryl methyl sites for hydroxylation is 1. The quantitative estimate of drug-likeness (QED) is 0.595. The van der Waals surface area contributed by atoms with E-state index in [0.717, 1.165) is 24.2 Å². The van der Waals surface area contributed by atoms with E-state index >= 15 is 0 Å². The maximum Gasteiger partial charge on any atom is 0.251 e. The first-order valence-electron chi connectivity index (χ1n) is 9.38. The molecular formula is C21H28N2O4S. The smallest absolute Gasteiger partial charge is 0.251 e. The van der Waals surface area contributed by atoms with E-state index in [-0.39, 0.29) is 16.8 Å². The Bertz CT molecular complexity index is 881. The third-order valence-corrected chi connectivity index (χ3v) is 5.68. The van der Waals surface area contributed by atoms with Crippen LogP contribution in [0.25, 0.3) is 0 Å². The van der Waals surface area contributed by atoms with E-state index in [0.29, 0.717) is 18.7 Å². The molecule has 0 aliphatic heterocycles. The minimum Gasteiger partial charge on any atom is -0.494 e. The lowest BCUT2D eigenvalue weighted by Gasteiger charge is -2.12. The number of hydrogen-bond acceptors (Lipinski definition) is 4. The lowest BCUT2D eigenvalue weighted by Crippen LogP contribution is -2.31. The molecule has 0 aliphatic carbocycles. The fraction of sp³-hybridized carbons (Fsp3) is 0.381. The van der Waals surface area contributed by atoms with Crippen LogP contribution in [-0.2, 0) is 10.0 Å². The maximum atomic E-state index is 12.5. The molecule has 0 radical (unpaired) electrons. The van der Waals surface area contributed by atoms with Crippen LogP contribution in [0.2, 0.25) is 0 Å². The van der Waals surface area contributed by atoms with Gasteiger partial charge in [0.1, 0.15) is 5.75 Å². The number of carbonyl (C=O) groups excluding carboxylic acids is 1. The van der Waals surface area contributed by atoms with Crippen LogP contribution in [-0.4, -0.2) is 33.5 Å². The van der Waals surface area contributed by atoms with Crippen molar-refractivity contribution in [2.75, 3.05) is 13.2 Å². The van der Waals surface area contributed by atoms with Gasteiger partial charge in [0.25, 0.3) is 5.91 Å². The van der Waals surface area contributed by atoms with Crippen molar-refractivity contribution in [3.63, 3.8) is 0 Å². The summed E-state index contributed by atoms with van der Waals surface area (Å²) in [6, 6.07) is 13.9. The molecule has 1 amide bonds. The molecule has 0 aromatic heterocycles. The number of sulfonamides is 1. The Balaban J connectivity index is 1.85. The van der Waals surface area contributed by atoms with E-state index in [1.165, 1.54) is 12.1 Å². The van der Waals surface area contributed by atoms with Crippen molar-refractivity contribution in [3.8, 4) is 5.75 Å². The van der Waals surface area contributed by atoms with Crippen molar-refractivity contribution in [2.45, 2.75) is 44.6 Å². The van der Waals surface area contributed by atoms with Crippen molar-refractivity contribution in [3.05, 3.63) is 59.7 Å². The van der Waals surface area contributed by atoms with Gasteiger partial charge in [-0.1, -0.05) is 24.3 Å². The first-order valence-corrected chi connectivity index (χ1v) is 10.9. The van der Waals surface area contributed by atoms with Gasteiger partial charge >= 0.3 is 0 Å². The fourth-order valence-corrected chi connectivity index (χ4v) is 3.90. The van der Waals surface area contributed by atoms with Gasteiger partial charge in [-0.05, 0) is 63.4 Å². The van der Waals surface area contributed by atoms with Crippen LogP contribution in [0.3, 0.4) is 0 Å². The molecule has 0 unspecified atom stereocenters. The highest BCUT2D eigenvalue weighted by Crippen LogP contribution is 2.16. The molecular weight excluding hydrogens is 376 g/mol. The van der Waals surface area contributed by atoms with Crippen LogP contribution in [0.15, 0.2) is 53.4 Å². The average molecular weight is 405 g/mol. The minimum atomic E-state index is -3.64. The van der Waals surface area contributed by atoms with Crippen LogP contribution >= 0.6 is 0 Å². The zero-order valence-corrected chi connectivity index (χ0v) is 17.4. The normalized spacial score (nSPS) is 11.4. The molecule has 0 aliphatic rings. The molecule has 0 saturated heterocycles. The number of nitrogens with one attached hydrogen (secondary N) is 2. The molecule has 0 bridgehead atoms. The zero-order valence-electron chi connectivity index (χ0n) is 16.6. The van der Waals surface area contributed by atoms with E-state index in [2.05, 4.69) is 10.0 Å². The summed E-state index contributed by atoms with van der Waals surface area (Å²) >= 11 is 0. The van der Waals surface area contributed by atoms with Gasteiger partial charge in [-0.25, -0.2) is 13.1 Å². The summed E-state index contributed by atoms with van der Waals surface area (Å²) in [6.07, 6.45) is 1.57. The number of para-hydroxylation sites is 1. The Labute approximate surface area is 167 Å². The van der Waals surface area contributed by atoms with Gasteiger partial charge in [0, 0.05) is 18.2 Å². The van der Waals surface area contributed by atoms with E-state index < -0.39 is 10.0 Å². The molecule has 0 spiro atoms. The first kappa shape index (κ1) is 21.9. The van der Waals surface area contributed by atoms with Crippen molar-refractivity contribution >= 4 is 15.9 Å². The maximum absolute atomic E-state index is 12.5.